The second-order valence-electron chi connectivity index (χ2n) is 5.50. The highest BCUT2D eigenvalue weighted by molar-refractivity contribution is 8.00. The molecule has 2 saturated heterocycles. The first kappa shape index (κ1) is 13.2. The van der Waals surface area contributed by atoms with E-state index in [1.807, 2.05) is 30.5 Å². The van der Waals surface area contributed by atoms with Gasteiger partial charge in [-0.05, 0) is 19.4 Å². The SMILES string of the molecule is CC(C)[C@H](N)C(=O)N1CCC2(C1)SCCN2C. The number of thioether (sulfide) groups is 1. The summed E-state index contributed by atoms with van der Waals surface area (Å²) in [6.45, 7) is 6.84. The highest BCUT2D eigenvalue weighted by Crippen LogP contribution is 2.42. The van der Waals surface area contributed by atoms with Gasteiger partial charge in [0.1, 0.15) is 0 Å². The predicted molar refractivity (Wildman–Crippen MR) is 71.8 cm³/mol. The molecule has 2 N–H and O–H groups in total. The van der Waals surface area contributed by atoms with Crippen LogP contribution in [-0.2, 0) is 4.79 Å². The van der Waals surface area contributed by atoms with Crippen molar-refractivity contribution in [1.29, 1.82) is 0 Å². The lowest BCUT2D eigenvalue weighted by atomic mass is 10.0. The van der Waals surface area contributed by atoms with E-state index in [1.54, 1.807) is 0 Å². The molecular weight excluding hydrogens is 234 g/mol. The van der Waals surface area contributed by atoms with Crippen molar-refractivity contribution in [3.63, 3.8) is 0 Å². The van der Waals surface area contributed by atoms with Crippen LogP contribution in [0.4, 0.5) is 0 Å². The van der Waals surface area contributed by atoms with Crippen LogP contribution in [0.25, 0.3) is 0 Å². The third kappa shape index (κ3) is 2.33. The molecular formula is C12H23N3OS. The molecule has 2 aliphatic heterocycles. The number of hydrogen-bond acceptors (Lipinski definition) is 4. The van der Waals surface area contributed by atoms with Gasteiger partial charge in [-0.25, -0.2) is 0 Å². The fraction of sp³-hybridized carbons (Fsp3) is 0.917. The number of rotatable bonds is 2. The molecule has 0 aromatic carbocycles. The summed E-state index contributed by atoms with van der Waals surface area (Å²) in [6, 6.07) is -0.346. The van der Waals surface area contributed by atoms with Gasteiger partial charge in [0.05, 0.1) is 10.9 Å². The van der Waals surface area contributed by atoms with Crippen LogP contribution in [0.2, 0.25) is 0 Å². The average molecular weight is 257 g/mol. The molecule has 2 fully saturated rings. The van der Waals surface area contributed by atoms with Crippen molar-refractivity contribution in [1.82, 2.24) is 9.80 Å². The Morgan fingerprint density at radius 2 is 2.12 bits per heavy atom. The smallest absolute Gasteiger partial charge is 0.239 e. The Kier molecular flexibility index (Phi) is 3.71. The largest absolute Gasteiger partial charge is 0.339 e. The zero-order valence-corrected chi connectivity index (χ0v) is 11.8. The van der Waals surface area contributed by atoms with E-state index < -0.39 is 0 Å². The van der Waals surface area contributed by atoms with Gasteiger partial charge >= 0.3 is 0 Å². The first-order valence-corrected chi connectivity index (χ1v) is 7.34. The molecule has 0 aromatic heterocycles. The molecule has 0 bridgehead atoms. The molecule has 0 radical (unpaired) electrons. The fourth-order valence-corrected chi connectivity index (χ4v) is 4.11. The molecule has 1 unspecified atom stereocenters. The van der Waals surface area contributed by atoms with Crippen LogP contribution in [0.1, 0.15) is 20.3 Å². The molecule has 0 saturated carbocycles. The van der Waals surface area contributed by atoms with Crippen LogP contribution >= 0.6 is 11.8 Å². The number of carbonyl (C=O) groups excluding carboxylic acids is 1. The zero-order valence-electron chi connectivity index (χ0n) is 11.0. The predicted octanol–water partition coefficient (Wildman–Crippen LogP) is 0.577. The molecule has 4 nitrogen and oxygen atoms in total. The van der Waals surface area contributed by atoms with E-state index >= 15 is 0 Å². The maximum Gasteiger partial charge on any atom is 0.239 e. The maximum atomic E-state index is 12.2. The molecule has 1 amide bonds. The number of hydrogen-bond donors (Lipinski definition) is 1. The highest BCUT2D eigenvalue weighted by Gasteiger charge is 2.46. The van der Waals surface area contributed by atoms with Gasteiger partial charge in [0, 0.05) is 25.4 Å². The van der Waals surface area contributed by atoms with E-state index in [0.29, 0.717) is 0 Å². The van der Waals surface area contributed by atoms with Gasteiger partial charge in [-0.2, -0.15) is 0 Å². The summed E-state index contributed by atoms with van der Waals surface area (Å²) < 4.78 is 0. The Balaban J connectivity index is 2.00. The molecule has 0 aliphatic carbocycles. The normalized spacial score (nSPS) is 31.7. The summed E-state index contributed by atoms with van der Waals surface area (Å²) in [5, 5.41) is 0. The molecule has 5 heteroatoms. The molecule has 2 rings (SSSR count). The molecule has 2 atom stereocenters. The summed E-state index contributed by atoms with van der Waals surface area (Å²) in [6.07, 6.45) is 1.07. The lowest BCUT2D eigenvalue weighted by Crippen LogP contribution is -2.48. The zero-order chi connectivity index (χ0) is 12.6. The Bertz CT molecular complexity index is 310. The molecule has 0 aromatic rings. The summed E-state index contributed by atoms with van der Waals surface area (Å²) in [4.78, 5) is 16.7. The Morgan fingerprint density at radius 3 is 2.65 bits per heavy atom. The van der Waals surface area contributed by atoms with Gasteiger partial charge < -0.3 is 10.6 Å². The van der Waals surface area contributed by atoms with Crippen LogP contribution in [0, 0.1) is 5.92 Å². The first-order chi connectivity index (χ1) is 7.96. The molecule has 1 spiro atoms. The van der Waals surface area contributed by atoms with Crippen molar-refractivity contribution in [2.75, 3.05) is 32.4 Å². The quantitative estimate of drug-likeness (QED) is 0.786. The number of nitrogens with two attached hydrogens (primary N) is 1. The van der Waals surface area contributed by atoms with Crippen molar-refractivity contribution in [3.8, 4) is 0 Å². The van der Waals surface area contributed by atoms with E-state index in [9.17, 15) is 4.79 Å². The van der Waals surface area contributed by atoms with Crippen LogP contribution < -0.4 is 5.73 Å². The first-order valence-electron chi connectivity index (χ1n) is 6.36. The Morgan fingerprint density at radius 1 is 1.41 bits per heavy atom. The van der Waals surface area contributed by atoms with Gasteiger partial charge in [-0.3, -0.25) is 9.69 Å². The monoisotopic (exact) mass is 257 g/mol. The topological polar surface area (TPSA) is 49.6 Å². The van der Waals surface area contributed by atoms with Crippen LogP contribution in [0.5, 0.6) is 0 Å². The molecule has 2 aliphatic rings. The fourth-order valence-electron chi connectivity index (χ4n) is 2.57. The minimum atomic E-state index is -0.346. The number of likely N-dealkylation sites (tertiary alicyclic amines) is 1. The van der Waals surface area contributed by atoms with Crippen molar-refractivity contribution in [2.24, 2.45) is 11.7 Å². The second kappa shape index (κ2) is 4.78. The number of likely N-dealkylation sites (N-methyl/N-ethyl adjacent to an activating group) is 1. The number of nitrogens with zero attached hydrogens (tertiary/aromatic N) is 2. The Labute approximate surface area is 108 Å². The van der Waals surface area contributed by atoms with Gasteiger partial charge in [-0.1, -0.05) is 13.8 Å². The van der Waals surface area contributed by atoms with Gasteiger partial charge in [0.25, 0.3) is 0 Å². The second-order valence-corrected chi connectivity index (χ2v) is 6.95. The van der Waals surface area contributed by atoms with Crippen molar-refractivity contribution in [2.45, 2.75) is 31.2 Å². The van der Waals surface area contributed by atoms with Crippen LogP contribution in [0.3, 0.4) is 0 Å². The van der Waals surface area contributed by atoms with E-state index in [4.69, 9.17) is 5.73 Å². The van der Waals surface area contributed by atoms with Gasteiger partial charge in [0.2, 0.25) is 5.91 Å². The molecule has 98 valence electrons. The van der Waals surface area contributed by atoms with Gasteiger partial charge in [-0.15, -0.1) is 11.8 Å². The third-order valence-electron chi connectivity index (χ3n) is 4.02. The van der Waals surface area contributed by atoms with E-state index in [2.05, 4.69) is 11.9 Å². The Hall–Kier alpha value is -0.260. The maximum absolute atomic E-state index is 12.2. The summed E-state index contributed by atoms with van der Waals surface area (Å²) >= 11 is 1.99. The standard InChI is InChI=1S/C12H23N3OS/c1-9(2)10(13)11(16)15-5-4-12(8-15)14(3)6-7-17-12/h9-10H,4-8,13H2,1-3H3/t10-,12?/m0/s1. The third-order valence-corrected chi connectivity index (χ3v) is 5.59. The van der Waals surface area contributed by atoms with Crippen LogP contribution in [-0.4, -0.2) is 59.1 Å². The molecule has 2 heterocycles. The molecule has 17 heavy (non-hydrogen) atoms. The minimum Gasteiger partial charge on any atom is -0.339 e. The van der Waals surface area contributed by atoms with E-state index in [0.717, 1.165) is 26.1 Å². The van der Waals surface area contributed by atoms with Crippen LogP contribution in [0.15, 0.2) is 0 Å². The van der Waals surface area contributed by atoms with E-state index in [-0.39, 0.29) is 22.7 Å². The van der Waals surface area contributed by atoms with Crippen molar-refractivity contribution in [3.05, 3.63) is 0 Å². The summed E-state index contributed by atoms with van der Waals surface area (Å²) in [7, 11) is 2.16. The summed E-state index contributed by atoms with van der Waals surface area (Å²) in [5.74, 6) is 1.51. The highest BCUT2D eigenvalue weighted by atomic mass is 32.2. The van der Waals surface area contributed by atoms with Crippen molar-refractivity contribution < 1.29 is 4.79 Å². The van der Waals surface area contributed by atoms with E-state index in [1.165, 1.54) is 5.75 Å². The lowest BCUT2D eigenvalue weighted by Gasteiger charge is -2.31. The van der Waals surface area contributed by atoms with Gasteiger partial charge in [0.15, 0.2) is 0 Å². The number of carbonyl (C=O) groups is 1. The number of amides is 1. The summed E-state index contributed by atoms with van der Waals surface area (Å²) in [5.41, 5.74) is 5.95. The minimum absolute atomic E-state index is 0.123. The average Bonchev–Trinajstić information content (AvgIpc) is 2.86. The van der Waals surface area contributed by atoms with Crippen molar-refractivity contribution >= 4 is 17.7 Å². The lowest BCUT2D eigenvalue weighted by molar-refractivity contribution is -0.132.